The second-order valence-corrected chi connectivity index (χ2v) is 15.8. The lowest BCUT2D eigenvalue weighted by molar-refractivity contribution is -0.0992. The summed E-state index contributed by atoms with van der Waals surface area (Å²) in [5.74, 6) is -0.240. The second-order valence-electron chi connectivity index (χ2n) is 10.4. The maximum atomic E-state index is 13.6. The molecule has 3 unspecified atom stereocenters. The van der Waals surface area contributed by atoms with Gasteiger partial charge >= 0.3 is 0 Å². The zero-order valence-electron chi connectivity index (χ0n) is 22.7. The molecule has 0 aliphatic carbocycles. The van der Waals surface area contributed by atoms with Gasteiger partial charge in [-0.1, -0.05) is 90.1 Å². The van der Waals surface area contributed by atoms with Gasteiger partial charge in [-0.15, -0.1) is 6.58 Å². The van der Waals surface area contributed by atoms with Crippen LogP contribution >= 0.6 is 0 Å². The fourth-order valence-corrected chi connectivity index (χ4v) is 11.0. The van der Waals surface area contributed by atoms with E-state index < -0.39 is 8.32 Å². The summed E-state index contributed by atoms with van der Waals surface area (Å²) in [7, 11) is -2.24. The van der Waals surface area contributed by atoms with Crippen molar-refractivity contribution < 1.29 is 18.3 Å². The summed E-state index contributed by atoms with van der Waals surface area (Å²) >= 11 is 0. The third-order valence-electron chi connectivity index (χ3n) is 7.01. The Balaban J connectivity index is 2.43. The molecule has 0 aliphatic heterocycles. The van der Waals surface area contributed by atoms with Crippen LogP contribution < -0.4 is 0 Å². The van der Waals surface area contributed by atoms with E-state index in [1.165, 1.54) is 12.1 Å². The molecule has 0 fully saturated rings. The van der Waals surface area contributed by atoms with E-state index in [9.17, 15) is 4.39 Å². The normalized spacial score (nSPS) is 14.9. The van der Waals surface area contributed by atoms with E-state index in [1.807, 2.05) is 30.3 Å². The molecule has 5 heteroatoms. The highest BCUT2D eigenvalue weighted by Crippen LogP contribution is 2.44. The molecule has 3 atom stereocenters. The molecule has 35 heavy (non-hydrogen) atoms. The Morgan fingerprint density at radius 3 is 1.89 bits per heavy atom. The van der Waals surface area contributed by atoms with Crippen LogP contribution in [0.15, 0.2) is 67.3 Å². The predicted octanol–water partition coefficient (Wildman–Crippen LogP) is 8.11. The highest BCUT2D eigenvalue weighted by Gasteiger charge is 2.49. The van der Waals surface area contributed by atoms with Crippen molar-refractivity contribution in [2.24, 2.45) is 0 Å². The molecule has 2 rings (SSSR count). The molecule has 0 N–H and O–H groups in total. The lowest BCUT2D eigenvalue weighted by Gasteiger charge is -2.47. The molecule has 0 saturated carbocycles. The Labute approximate surface area is 213 Å². The van der Waals surface area contributed by atoms with Crippen LogP contribution in [0.25, 0.3) is 0 Å². The standard InChI is InChI=1S/C30H45FO3Si/c1-9-19-32-29(20-26-15-17-28(31)18-16-26)30(25(8)33-21-27-13-11-10-12-14-27)34-35(22(2)3,23(4)5)24(6)7/h9-18,22-25,29-30H,1,19-21H2,2-8H3. The van der Waals surface area contributed by atoms with Crippen LogP contribution in [0.4, 0.5) is 4.39 Å². The van der Waals surface area contributed by atoms with Gasteiger partial charge in [0, 0.05) is 6.42 Å². The van der Waals surface area contributed by atoms with E-state index in [4.69, 9.17) is 13.9 Å². The van der Waals surface area contributed by atoms with Crippen LogP contribution in [-0.4, -0.2) is 33.2 Å². The molecule has 0 amide bonds. The van der Waals surface area contributed by atoms with Crippen LogP contribution in [0.1, 0.15) is 59.6 Å². The van der Waals surface area contributed by atoms with Crippen LogP contribution in [-0.2, 0) is 26.9 Å². The zero-order chi connectivity index (χ0) is 26.0. The molecule has 0 aliphatic rings. The summed E-state index contributed by atoms with van der Waals surface area (Å²) in [6.45, 7) is 20.6. The first kappa shape index (κ1) is 29.4. The number of halogens is 1. The summed E-state index contributed by atoms with van der Waals surface area (Å²) in [4.78, 5) is 0. The van der Waals surface area contributed by atoms with Gasteiger partial charge in [0.05, 0.1) is 31.5 Å². The Kier molecular flexibility index (Phi) is 11.8. The molecule has 0 aromatic heterocycles. The van der Waals surface area contributed by atoms with Gasteiger partial charge in [0.15, 0.2) is 0 Å². The Hall–Kier alpha value is -1.79. The minimum Gasteiger partial charge on any atom is -0.408 e. The largest absolute Gasteiger partial charge is 0.408 e. The molecule has 0 radical (unpaired) electrons. The summed E-state index contributed by atoms with van der Waals surface area (Å²) in [5, 5.41) is 0. The van der Waals surface area contributed by atoms with Crippen LogP contribution in [0.5, 0.6) is 0 Å². The molecule has 0 bridgehead atoms. The molecular formula is C30H45FO3Si. The van der Waals surface area contributed by atoms with Gasteiger partial charge in [0.1, 0.15) is 5.82 Å². The van der Waals surface area contributed by atoms with E-state index in [-0.39, 0.29) is 24.1 Å². The zero-order valence-corrected chi connectivity index (χ0v) is 23.7. The Morgan fingerprint density at radius 1 is 0.800 bits per heavy atom. The average molecular weight is 501 g/mol. The molecule has 2 aromatic carbocycles. The highest BCUT2D eigenvalue weighted by molar-refractivity contribution is 6.77. The first-order valence-electron chi connectivity index (χ1n) is 12.9. The van der Waals surface area contributed by atoms with E-state index in [1.54, 1.807) is 6.08 Å². The third-order valence-corrected chi connectivity index (χ3v) is 13.1. The third kappa shape index (κ3) is 8.11. The number of rotatable bonds is 15. The summed E-state index contributed by atoms with van der Waals surface area (Å²) in [6, 6.07) is 16.8. The molecule has 0 saturated heterocycles. The predicted molar refractivity (Wildman–Crippen MR) is 147 cm³/mol. The second kappa shape index (κ2) is 14.1. The number of benzene rings is 2. The molecule has 3 nitrogen and oxygen atoms in total. The van der Waals surface area contributed by atoms with Gasteiger partial charge in [-0.25, -0.2) is 4.39 Å². The number of ether oxygens (including phenoxy) is 2. The van der Waals surface area contributed by atoms with Crippen molar-refractivity contribution in [3.63, 3.8) is 0 Å². The van der Waals surface area contributed by atoms with Crippen molar-refractivity contribution in [3.05, 3.63) is 84.2 Å². The fraction of sp³-hybridized carbons (Fsp3) is 0.533. The minimum absolute atomic E-state index is 0.200. The topological polar surface area (TPSA) is 27.7 Å². The smallest absolute Gasteiger partial charge is 0.201 e. The highest BCUT2D eigenvalue weighted by atomic mass is 28.4. The molecule has 0 spiro atoms. The molecule has 2 aromatic rings. The maximum absolute atomic E-state index is 13.6. The van der Waals surface area contributed by atoms with E-state index in [0.29, 0.717) is 36.3 Å². The van der Waals surface area contributed by atoms with E-state index in [2.05, 4.69) is 67.2 Å². The Morgan fingerprint density at radius 2 is 1.37 bits per heavy atom. The van der Waals surface area contributed by atoms with Crippen LogP contribution in [0, 0.1) is 5.82 Å². The van der Waals surface area contributed by atoms with E-state index >= 15 is 0 Å². The minimum atomic E-state index is -2.24. The lowest BCUT2D eigenvalue weighted by Crippen LogP contribution is -2.56. The van der Waals surface area contributed by atoms with Crippen molar-refractivity contribution in [2.75, 3.05) is 6.61 Å². The quantitative estimate of drug-likeness (QED) is 0.183. The number of hydrogen-bond donors (Lipinski definition) is 0. The lowest BCUT2D eigenvalue weighted by atomic mass is 10.0. The van der Waals surface area contributed by atoms with Gasteiger partial charge < -0.3 is 13.9 Å². The van der Waals surface area contributed by atoms with Gasteiger partial charge in [0.2, 0.25) is 8.32 Å². The van der Waals surface area contributed by atoms with Gasteiger partial charge in [-0.3, -0.25) is 0 Å². The maximum Gasteiger partial charge on any atom is 0.201 e. The number of hydrogen-bond acceptors (Lipinski definition) is 3. The average Bonchev–Trinajstić information content (AvgIpc) is 2.82. The van der Waals surface area contributed by atoms with Crippen molar-refractivity contribution in [2.45, 2.75) is 96.4 Å². The monoisotopic (exact) mass is 500 g/mol. The fourth-order valence-electron chi connectivity index (χ4n) is 5.33. The van der Waals surface area contributed by atoms with Crippen LogP contribution in [0.2, 0.25) is 16.6 Å². The van der Waals surface area contributed by atoms with Crippen molar-refractivity contribution in [1.82, 2.24) is 0 Å². The molecule has 194 valence electrons. The van der Waals surface area contributed by atoms with Crippen molar-refractivity contribution in [3.8, 4) is 0 Å². The van der Waals surface area contributed by atoms with Crippen molar-refractivity contribution >= 4 is 8.32 Å². The van der Waals surface area contributed by atoms with Gasteiger partial charge in [0.25, 0.3) is 0 Å². The first-order valence-corrected chi connectivity index (χ1v) is 15.1. The summed E-state index contributed by atoms with van der Waals surface area (Å²) < 4.78 is 33.7. The summed E-state index contributed by atoms with van der Waals surface area (Å²) in [5.41, 5.74) is 3.42. The SMILES string of the molecule is C=CCOC(Cc1ccc(F)cc1)C(O[Si](C(C)C)(C(C)C)C(C)C)C(C)OCc1ccccc1. The first-order chi connectivity index (χ1) is 16.6. The van der Waals surface area contributed by atoms with Gasteiger partial charge in [-0.05, 0) is 46.8 Å². The molecule has 0 heterocycles. The summed E-state index contributed by atoms with van der Waals surface area (Å²) in [6.07, 6.45) is 1.64. The molecular weight excluding hydrogens is 455 g/mol. The Bertz CT molecular complexity index is 845. The van der Waals surface area contributed by atoms with Gasteiger partial charge in [-0.2, -0.15) is 0 Å². The van der Waals surface area contributed by atoms with E-state index in [0.717, 1.165) is 11.1 Å². The van der Waals surface area contributed by atoms with Crippen LogP contribution in [0.3, 0.4) is 0 Å². The van der Waals surface area contributed by atoms with Crippen molar-refractivity contribution in [1.29, 1.82) is 0 Å².